The number of aryl methyl sites for hydroxylation is 1. The number of hydrogen-bond acceptors (Lipinski definition) is 2. The zero-order chi connectivity index (χ0) is 13.6. The quantitative estimate of drug-likeness (QED) is 0.755. The van der Waals surface area contributed by atoms with E-state index < -0.39 is 5.97 Å². The largest absolute Gasteiger partial charge is 0.476 e. The van der Waals surface area contributed by atoms with E-state index in [2.05, 4.69) is 10.1 Å². The van der Waals surface area contributed by atoms with Crippen LogP contribution in [-0.2, 0) is 7.05 Å². The predicted octanol–water partition coefficient (Wildman–Crippen LogP) is 2.92. The molecule has 0 fully saturated rings. The Labute approximate surface area is 113 Å². The molecule has 3 rings (SSSR count). The zero-order valence-corrected chi connectivity index (χ0v) is 10.8. The number of nitrogens with zero attached hydrogens (tertiary/aromatic N) is 2. The second-order valence-corrected chi connectivity index (χ2v) is 4.67. The van der Waals surface area contributed by atoms with Crippen LogP contribution in [0, 0.1) is 0 Å². The van der Waals surface area contributed by atoms with Crippen molar-refractivity contribution >= 4 is 28.5 Å². The summed E-state index contributed by atoms with van der Waals surface area (Å²) < 4.78 is 1.55. The highest BCUT2D eigenvalue weighted by atomic mass is 35.5. The van der Waals surface area contributed by atoms with Gasteiger partial charge in [0.15, 0.2) is 5.69 Å². The van der Waals surface area contributed by atoms with Gasteiger partial charge in [0.25, 0.3) is 0 Å². The molecular weight excluding hydrogens is 266 g/mol. The Kier molecular flexibility index (Phi) is 2.57. The van der Waals surface area contributed by atoms with Crippen molar-refractivity contribution < 1.29 is 9.90 Å². The molecule has 2 heterocycles. The van der Waals surface area contributed by atoms with Gasteiger partial charge in [-0.3, -0.25) is 4.68 Å². The maximum atomic E-state index is 10.9. The van der Waals surface area contributed by atoms with Crippen molar-refractivity contribution in [3.8, 4) is 11.3 Å². The molecule has 0 bridgehead atoms. The molecule has 5 nitrogen and oxygen atoms in total. The third-order valence-electron chi connectivity index (χ3n) is 3.02. The Balaban J connectivity index is 2.24. The minimum atomic E-state index is -1.04. The van der Waals surface area contributed by atoms with Crippen LogP contribution in [0.2, 0.25) is 5.02 Å². The third kappa shape index (κ3) is 1.88. The minimum absolute atomic E-state index is 0.0221. The Hall–Kier alpha value is -2.27. The number of nitrogens with one attached hydrogen (secondary N) is 1. The first-order valence-corrected chi connectivity index (χ1v) is 5.98. The first-order valence-electron chi connectivity index (χ1n) is 5.60. The van der Waals surface area contributed by atoms with Gasteiger partial charge in [-0.05, 0) is 24.3 Å². The molecule has 0 amide bonds. The van der Waals surface area contributed by atoms with E-state index >= 15 is 0 Å². The van der Waals surface area contributed by atoms with Gasteiger partial charge in [-0.1, -0.05) is 11.6 Å². The highest BCUT2D eigenvalue weighted by molar-refractivity contribution is 6.31. The van der Waals surface area contributed by atoms with E-state index in [-0.39, 0.29) is 5.69 Å². The van der Waals surface area contributed by atoms with Gasteiger partial charge in [0.1, 0.15) is 0 Å². The molecule has 0 aliphatic heterocycles. The molecule has 3 aromatic rings. The van der Waals surface area contributed by atoms with Gasteiger partial charge in [0, 0.05) is 34.7 Å². The molecule has 19 heavy (non-hydrogen) atoms. The maximum absolute atomic E-state index is 10.9. The van der Waals surface area contributed by atoms with Crippen molar-refractivity contribution in [2.45, 2.75) is 0 Å². The Morgan fingerprint density at radius 1 is 1.42 bits per heavy atom. The SMILES string of the molecule is Cn1nc(C(=O)O)cc1-c1c[nH]c2ccc(Cl)cc12. The number of benzene rings is 1. The van der Waals surface area contributed by atoms with Crippen LogP contribution in [0.3, 0.4) is 0 Å². The summed E-state index contributed by atoms with van der Waals surface area (Å²) in [5, 5.41) is 14.5. The normalized spacial score (nSPS) is 11.1. The van der Waals surface area contributed by atoms with E-state index in [1.807, 2.05) is 18.3 Å². The number of carboxylic acid groups (broad SMARTS) is 1. The molecule has 0 atom stereocenters. The topological polar surface area (TPSA) is 70.9 Å². The van der Waals surface area contributed by atoms with Crippen LogP contribution in [-0.4, -0.2) is 25.8 Å². The number of carboxylic acids is 1. The van der Waals surface area contributed by atoms with Crippen molar-refractivity contribution in [1.29, 1.82) is 0 Å². The van der Waals surface area contributed by atoms with E-state index in [1.165, 1.54) is 0 Å². The van der Waals surface area contributed by atoms with Crippen LogP contribution >= 0.6 is 11.6 Å². The van der Waals surface area contributed by atoms with Gasteiger partial charge < -0.3 is 10.1 Å². The fourth-order valence-electron chi connectivity index (χ4n) is 2.13. The molecule has 1 aromatic carbocycles. The molecule has 0 aliphatic rings. The van der Waals surface area contributed by atoms with Crippen LogP contribution < -0.4 is 0 Å². The van der Waals surface area contributed by atoms with Crippen LogP contribution in [0.15, 0.2) is 30.5 Å². The lowest BCUT2D eigenvalue weighted by Gasteiger charge is -2.00. The fourth-order valence-corrected chi connectivity index (χ4v) is 2.30. The fraction of sp³-hybridized carbons (Fsp3) is 0.0769. The molecule has 96 valence electrons. The van der Waals surface area contributed by atoms with Crippen LogP contribution in [0.4, 0.5) is 0 Å². The van der Waals surface area contributed by atoms with Crippen molar-refractivity contribution in [1.82, 2.24) is 14.8 Å². The monoisotopic (exact) mass is 275 g/mol. The van der Waals surface area contributed by atoms with Gasteiger partial charge in [0.2, 0.25) is 0 Å². The number of aromatic amines is 1. The smallest absolute Gasteiger partial charge is 0.356 e. The molecule has 6 heteroatoms. The second-order valence-electron chi connectivity index (χ2n) is 4.24. The summed E-state index contributed by atoms with van der Waals surface area (Å²) >= 11 is 6.00. The zero-order valence-electron chi connectivity index (χ0n) is 10.0. The molecule has 0 aliphatic carbocycles. The van der Waals surface area contributed by atoms with Gasteiger partial charge >= 0.3 is 5.97 Å². The predicted molar refractivity (Wildman–Crippen MR) is 72.5 cm³/mol. The Bertz CT molecular complexity index is 788. The first-order chi connectivity index (χ1) is 9.06. The Morgan fingerprint density at radius 2 is 2.21 bits per heavy atom. The summed E-state index contributed by atoms with van der Waals surface area (Å²) in [7, 11) is 1.71. The number of hydrogen-bond donors (Lipinski definition) is 2. The molecule has 2 aromatic heterocycles. The van der Waals surface area contributed by atoms with Gasteiger partial charge in [-0.2, -0.15) is 5.10 Å². The van der Waals surface area contributed by atoms with Crippen LogP contribution in [0.5, 0.6) is 0 Å². The van der Waals surface area contributed by atoms with Crippen molar-refractivity contribution in [3.63, 3.8) is 0 Å². The second kappa shape index (κ2) is 4.13. The van der Waals surface area contributed by atoms with Gasteiger partial charge in [0.05, 0.1) is 5.69 Å². The number of aromatic carboxylic acids is 1. The maximum Gasteiger partial charge on any atom is 0.356 e. The average Bonchev–Trinajstić information content (AvgIpc) is 2.92. The van der Waals surface area contributed by atoms with Gasteiger partial charge in [-0.15, -0.1) is 0 Å². The van der Waals surface area contributed by atoms with Crippen molar-refractivity contribution in [3.05, 3.63) is 41.2 Å². The Morgan fingerprint density at radius 3 is 2.89 bits per heavy atom. The summed E-state index contributed by atoms with van der Waals surface area (Å²) in [4.78, 5) is 14.1. The lowest BCUT2D eigenvalue weighted by molar-refractivity contribution is 0.0689. The van der Waals surface area contributed by atoms with Crippen LogP contribution in [0.25, 0.3) is 22.2 Å². The molecule has 0 unspecified atom stereocenters. The molecule has 0 radical (unpaired) electrons. The number of halogens is 1. The van der Waals surface area contributed by atoms with E-state index in [9.17, 15) is 4.79 Å². The molecular formula is C13H10ClN3O2. The molecule has 2 N–H and O–H groups in total. The molecule has 0 saturated heterocycles. The van der Waals surface area contributed by atoms with E-state index in [4.69, 9.17) is 16.7 Å². The summed E-state index contributed by atoms with van der Waals surface area (Å²) in [6, 6.07) is 7.08. The summed E-state index contributed by atoms with van der Waals surface area (Å²) in [6.07, 6.45) is 1.82. The third-order valence-corrected chi connectivity index (χ3v) is 3.25. The number of H-pyrrole nitrogens is 1. The molecule has 0 saturated carbocycles. The van der Waals surface area contributed by atoms with Crippen molar-refractivity contribution in [2.24, 2.45) is 7.05 Å². The average molecular weight is 276 g/mol. The lowest BCUT2D eigenvalue weighted by atomic mass is 10.1. The van der Waals surface area contributed by atoms with Crippen molar-refractivity contribution in [2.75, 3.05) is 0 Å². The summed E-state index contributed by atoms with van der Waals surface area (Å²) in [5.41, 5.74) is 2.57. The number of carbonyl (C=O) groups is 1. The summed E-state index contributed by atoms with van der Waals surface area (Å²) in [5.74, 6) is -1.04. The van der Waals surface area contributed by atoms with Crippen LogP contribution in [0.1, 0.15) is 10.5 Å². The lowest BCUT2D eigenvalue weighted by Crippen LogP contribution is -1.99. The number of aromatic nitrogens is 3. The van der Waals surface area contributed by atoms with E-state index in [0.717, 1.165) is 22.2 Å². The standard InChI is InChI=1S/C13H10ClN3O2/c1-17-12(5-11(16-17)13(18)19)9-6-15-10-3-2-7(14)4-8(9)10/h2-6,15H,1H3,(H,18,19). The number of rotatable bonds is 2. The van der Waals surface area contributed by atoms with E-state index in [1.54, 1.807) is 23.9 Å². The minimum Gasteiger partial charge on any atom is -0.476 e. The molecule has 0 spiro atoms. The first kappa shape index (κ1) is 11.8. The number of fused-ring (bicyclic) bond motifs is 1. The van der Waals surface area contributed by atoms with E-state index in [0.29, 0.717) is 5.02 Å². The highest BCUT2D eigenvalue weighted by Crippen LogP contribution is 2.30. The summed E-state index contributed by atoms with van der Waals surface area (Å²) in [6.45, 7) is 0. The van der Waals surface area contributed by atoms with Gasteiger partial charge in [-0.25, -0.2) is 4.79 Å². The highest BCUT2D eigenvalue weighted by Gasteiger charge is 2.15.